The molecule has 1 N–H and O–H groups in total. The van der Waals surface area contributed by atoms with Gasteiger partial charge in [-0.1, -0.05) is 40.6 Å². The van der Waals surface area contributed by atoms with Crippen molar-refractivity contribution < 1.29 is 23.8 Å². The molecule has 10 heteroatoms. The molecule has 5 rings (SSSR count). The number of amides is 1. The van der Waals surface area contributed by atoms with Crippen molar-refractivity contribution in [2.45, 2.75) is 13.0 Å². The van der Waals surface area contributed by atoms with E-state index in [1.165, 1.54) is 22.3 Å². The Kier molecular flexibility index (Phi) is 5.59. The van der Waals surface area contributed by atoms with Crippen LogP contribution in [0.15, 0.2) is 64.3 Å². The quantitative estimate of drug-likeness (QED) is 0.314. The van der Waals surface area contributed by atoms with Crippen LogP contribution in [0.1, 0.15) is 27.9 Å². The number of rotatable bonds is 5. The van der Waals surface area contributed by atoms with Crippen LogP contribution in [0.2, 0.25) is 10.0 Å². The molecule has 0 spiro atoms. The topological polar surface area (TPSA) is 92.9 Å². The van der Waals surface area contributed by atoms with Crippen LogP contribution in [0, 0.1) is 6.92 Å². The number of thiazole rings is 1. The second-order valence-corrected chi connectivity index (χ2v) is 9.41. The molecule has 0 bridgehead atoms. The lowest BCUT2D eigenvalue weighted by molar-refractivity contribution is -0.117. The fourth-order valence-electron chi connectivity index (χ4n) is 3.84. The Morgan fingerprint density at radius 3 is 2.62 bits per heavy atom. The molecule has 2 aromatic heterocycles. The number of carbonyl (C=O) groups is 2. The number of hydrogen-bond acceptors (Lipinski definition) is 7. The van der Waals surface area contributed by atoms with Crippen LogP contribution in [0.4, 0.5) is 5.13 Å². The highest BCUT2D eigenvalue weighted by Gasteiger charge is 2.46. The van der Waals surface area contributed by atoms with Gasteiger partial charge in [-0.15, -0.1) is 0 Å². The number of nitrogens with zero attached hydrogens (tertiary/aromatic N) is 2. The standard InChI is InChI=1S/C24H16Cl2N2O5S/c1-11-3-8-17(33-11)21(29)19-20(12-4-6-14(25)15(26)9-12)28(23(31)22(19)30)24-27-16-7-5-13(32-2)10-18(16)34-24/h3-10,20,30H,1-2H3. The zero-order chi connectivity index (χ0) is 24.1. The van der Waals surface area contributed by atoms with Crippen molar-refractivity contribution in [3.63, 3.8) is 0 Å². The van der Waals surface area contributed by atoms with E-state index in [0.717, 1.165) is 4.70 Å². The van der Waals surface area contributed by atoms with E-state index in [4.69, 9.17) is 32.4 Å². The minimum atomic E-state index is -0.998. The van der Waals surface area contributed by atoms with E-state index in [1.807, 2.05) is 0 Å². The third-order valence-corrected chi connectivity index (χ3v) is 7.22. The van der Waals surface area contributed by atoms with Gasteiger partial charge < -0.3 is 14.3 Å². The van der Waals surface area contributed by atoms with Crippen molar-refractivity contribution in [1.29, 1.82) is 0 Å². The van der Waals surface area contributed by atoms with Gasteiger partial charge in [-0.3, -0.25) is 14.5 Å². The number of fused-ring (bicyclic) bond motifs is 1. The van der Waals surface area contributed by atoms with Crippen molar-refractivity contribution in [1.82, 2.24) is 4.98 Å². The van der Waals surface area contributed by atoms with Crippen LogP contribution in [-0.2, 0) is 4.79 Å². The largest absolute Gasteiger partial charge is 0.503 e. The number of aliphatic hydroxyl groups excluding tert-OH is 1. The first kappa shape index (κ1) is 22.5. The number of aromatic nitrogens is 1. The van der Waals surface area contributed by atoms with E-state index in [0.29, 0.717) is 32.7 Å². The van der Waals surface area contributed by atoms with Crippen LogP contribution in [0.25, 0.3) is 10.2 Å². The minimum absolute atomic E-state index is 0.00722. The van der Waals surface area contributed by atoms with Gasteiger partial charge in [0.05, 0.1) is 39.0 Å². The van der Waals surface area contributed by atoms with Gasteiger partial charge in [-0.25, -0.2) is 4.98 Å². The molecule has 1 unspecified atom stereocenters. The highest BCUT2D eigenvalue weighted by Crippen LogP contribution is 2.45. The number of anilines is 1. The summed E-state index contributed by atoms with van der Waals surface area (Å²) in [5.74, 6) is -0.869. The molecular weight excluding hydrogens is 499 g/mol. The number of aliphatic hydroxyl groups is 1. The fourth-order valence-corrected chi connectivity index (χ4v) is 5.17. The summed E-state index contributed by atoms with van der Waals surface area (Å²) >= 11 is 13.6. The Morgan fingerprint density at radius 2 is 1.94 bits per heavy atom. The number of halogens is 2. The van der Waals surface area contributed by atoms with Crippen molar-refractivity contribution in [3.05, 3.63) is 87.0 Å². The maximum absolute atomic E-state index is 13.4. The van der Waals surface area contributed by atoms with Gasteiger partial charge in [0, 0.05) is 0 Å². The van der Waals surface area contributed by atoms with E-state index in [2.05, 4.69) is 4.98 Å². The van der Waals surface area contributed by atoms with Gasteiger partial charge in [0.2, 0.25) is 5.78 Å². The number of furan rings is 1. The second-order valence-electron chi connectivity index (χ2n) is 7.58. The lowest BCUT2D eigenvalue weighted by Crippen LogP contribution is -2.31. The minimum Gasteiger partial charge on any atom is -0.503 e. The summed E-state index contributed by atoms with van der Waals surface area (Å²) < 4.78 is 11.5. The van der Waals surface area contributed by atoms with Crippen molar-refractivity contribution in [2.75, 3.05) is 12.0 Å². The Labute approximate surface area is 207 Å². The number of ketones is 1. The van der Waals surface area contributed by atoms with Gasteiger partial charge in [0.15, 0.2) is 16.7 Å². The Morgan fingerprint density at radius 1 is 1.15 bits per heavy atom. The summed E-state index contributed by atoms with van der Waals surface area (Å²) in [6.07, 6.45) is 0. The van der Waals surface area contributed by atoms with Gasteiger partial charge in [0.25, 0.3) is 5.91 Å². The van der Waals surface area contributed by atoms with Gasteiger partial charge in [0.1, 0.15) is 11.5 Å². The maximum Gasteiger partial charge on any atom is 0.296 e. The highest BCUT2D eigenvalue weighted by atomic mass is 35.5. The molecule has 1 aliphatic rings. The lowest BCUT2D eigenvalue weighted by atomic mass is 9.95. The van der Waals surface area contributed by atoms with Gasteiger partial charge >= 0.3 is 0 Å². The molecule has 2 aromatic carbocycles. The molecule has 34 heavy (non-hydrogen) atoms. The predicted octanol–water partition coefficient (Wildman–Crippen LogP) is 6.30. The van der Waals surface area contributed by atoms with Crippen LogP contribution >= 0.6 is 34.5 Å². The number of ether oxygens (including phenoxy) is 1. The molecule has 0 radical (unpaired) electrons. The third-order valence-electron chi connectivity index (χ3n) is 5.47. The summed E-state index contributed by atoms with van der Waals surface area (Å²) in [6, 6.07) is 12.2. The Bertz CT molecular complexity index is 1510. The van der Waals surface area contributed by atoms with E-state index in [1.54, 1.807) is 56.5 Å². The van der Waals surface area contributed by atoms with Crippen LogP contribution < -0.4 is 9.64 Å². The Balaban J connectivity index is 1.68. The summed E-state index contributed by atoms with van der Waals surface area (Å²) in [6.45, 7) is 1.70. The number of aryl methyl sites for hydroxylation is 1. The van der Waals surface area contributed by atoms with Crippen molar-refractivity contribution in [3.8, 4) is 5.75 Å². The zero-order valence-corrected chi connectivity index (χ0v) is 20.2. The SMILES string of the molecule is COc1ccc2nc(N3C(=O)C(O)=C(C(=O)c4ccc(C)o4)C3c3ccc(Cl)c(Cl)c3)sc2c1. The second kappa shape index (κ2) is 8.47. The first-order valence-electron chi connectivity index (χ1n) is 10.1. The number of hydrogen-bond donors (Lipinski definition) is 1. The molecule has 0 saturated carbocycles. The molecule has 172 valence electrons. The molecular formula is C24H16Cl2N2O5S. The van der Waals surface area contributed by atoms with Crippen LogP contribution in [-0.4, -0.2) is 28.9 Å². The first-order chi connectivity index (χ1) is 16.3. The van der Waals surface area contributed by atoms with E-state index in [9.17, 15) is 14.7 Å². The normalized spacial score (nSPS) is 16.1. The number of benzene rings is 2. The first-order valence-corrected chi connectivity index (χ1v) is 11.6. The van der Waals surface area contributed by atoms with Crippen molar-refractivity contribution in [2.24, 2.45) is 0 Å². The summed E-state index contributed by atoms with van der Waals surface area (Å²) in [5, 5.41) is 11.7. The smallest absolute Gasteiger partial charge is 0.296 e. The number of Topliss-reactive ketones (excluding diaryl/α,β-unsaturated/α-hetero) is 1. The predicted molar refractivity (Wildman–Crippen MR) is 130 cm³/mol. The highest BCUT2D eigenvalue weighted by molar-refractivity contribution is 7.22. The lowest BCUT2D eigenvalue weighted by Gasteiger charge is -2.24. The summed E-state index contributed by atoms with van der Waals surface area (Å²) in [4.78, 5) is 32.6. The molecule has 1 atom stereocenters. The molecule has 4 aromatic rings. The maximum atomic E-state index is 13.4. The van der Waals surface area contributed by atoms with Gasteiger partial charge in [-0.05, 0) is 55.0 Å². The molecule has 0 saturated heterocycles. The molecule has 1 amide bonds. The van der Waals surface area contributed by atoms with Crippen LogP contribution in [0.3, 0.4) is 0 Å². The average molecular weight is 515 g/mol. The number of carbonyl (C=O) groups excluding carboxylic acids is 2. The molecule has 0 fully saturated rings. The monoisotopic (exact) mass is 514 g/mol. The summed E-state index contributed by atoms with van der Waals surface area (Å²) in [5.41, 5.74) is 0.993. The van der Waals surface area contributed by atoms with Gasteiger partial charge in [-0.2, -0.15) is 0 Å². The average Bonchev–Trinajstić information content (AvgIpc) is 3.51. The van der Waals surface area contributed by atoms with Crippen molar-refractivity contribution >= 4 is 61.6 Å². The third kappa shape index (κ3) is 3.64. The zero-order valence-electron chi connectivity index (χ0n) is 17.8. The molecule has 3 heterocycles. The van der Waals surface area contributed by atoms with E-state index >= 15 is 0 Å². The molecule has 0 aliphatic carbocycles. The molecule has 1 aliphatic heterocycles. The Hall–Kier alpha value is -3.33. The number of methoxy groups -OCH3 is 1. The fraction of sp³-hybridized carbons (Fsp3) is 0.125. The summed E-state index contributed by atoms with van der Waals surface area (Å²) in [7, 11) is 1.56. The van der Waals surface area contributed by atoms with Crippen LogP contribution in [0.5, 0.6) is 5.75 Å². The van der Waals surface area contributed by atoms with E-state index < -0.39 is 23.5 Å². The molecule has 7 nitrogen and oxygen atoms in total. The van der Waals surface area contributed by atoms with E-state index in [-0.39, 0.29) is 16.4 Å².